The molecule has 0 fully saturated rings. The first kappa shape index (κ1) is 32.5. The van der Waals surface area contributed by atoms with Crippen molar-refractivity contribution >= 4 is 50.3 Å². The summed E-state index contributed by atoms with van der Waals surface area (Å²) in [7, 11) is -4.06. The second-order valence-electron chi connectivity index (χ2n) is 10.2. The van der Waals surface area contributed by atoms with Crippen molar-refractivity contribution in [3.63, 3.8) is 0 Å². The van der Waals surface area contributed by atoms with Crippen LogP contribution >= 0.6 is 11.6 Å². The van der Waals surface area contributed by atoms with Crippen LogP contribution in [0.3, 0.4) is 0 Å². The molecule has 0 aliphatic heterocycles. The highest BCUT2D eigenvalue weighted by Gasteiger charge is 2.23. The number of aromatic nitrogens is 2. The number of aryl methyl sites for hydroxylation is 2. The molecule has 0 unspecified atom stereocenters. The summed E-state index contributed by atoms with van der Waals surface area (Å²) in [5.74, 6) is -1.26. The van der Waals surface area contributed by atoms with Crippen LogP contribution in [0.5, 0.6) is 5.88 Å². The van der Waals surface area contributed by atoms with E-state index in [1.54, 1.807) is 37.3 Å². The smallest absolute Gasteiger partial charge is 0.367 e. The van der Waals surface area contributed by atoms with Gasteiger partial charge in [0.2, 0.25) is 5.88 Å². The van der Waals surface area contributed by atoms with Crippen molar-refractivity contribution < 1.29 is 32.3 Å². The molecule has 0 amide bonds. The second-order valence-corrected chi connectivity index (χ2v) is 12.4. The number of hydrogen-bond donors (Lipinski definition) is 1. The van der Waals surface area contributed by atoms with E-state index in [-0.39, 0.29) is 56.8 Å². The number of nitrogens with two attached hydrogens (primary N) is 1. The van der Waals surface area contributed by atoms with E-state index < -0.39 is 16.0 Å². The van der Waals surface area contributed by atoms with Crippen LogP contribution in [0.1, 0.15) is 60.7 Å². The molecule has 0 aliphatic rings. The first-order valence-electron chi connectivity index (χ1n) is 13.9. The molecule has 0 radical (unpaired) electrons. The highest BCUT2D eigenvalue weighted by atomic mass is 35.5. The van der Waals surface area contributed by atoms with Gasteiger partial charge in [0.1, 0.15) is 5.02 Å². The molecule has 2 aromatic heterocycles. The summed E-state index contributed by atoms with van der Waals surface area (Å²) in [5.41, 5.74) is 8.47. The summed E-state index contributed by atoms with van der Waals surface area (Å²) < 4.78 is 39.2. The van der Waals surface area contributed by atoms with Crippen LogP contribution in [0.2, 0.25) is 5.02 Å². The van der Waals surface area contributed by atoms with E-state index in [0.717, 1.165) is 15.1 Å². The van der Waals surface area contributed by atoms with Crippen LogP contribution in [0.4, 0.5) is 0 Å². The minimum atomic E-state index is -4.06. The third kappa shape index (κ3) is 7.37. The van der Waals surface area contributed by atoms with Crippen LogP contribution in [-0.4, -0.2) is 47.9 Å². The van der Waals surface area contributed by atoms with E-state index in [2.05, 4.69) is 10.1 Å². The molecule has 0 atom stereocenters. The van der Waals surface area contributed by atoms with Gasteiger partial charge in [0.25, 0.3) is 10.0 Å². The second kappa shape index (κ2) is 13.9. The van der Waals surface area contributed by atoms with Crippen molar-refractivity contribution in [2.45, 2.75) is 58.0 Å². The summed E-state index contributed by atoms with van der Waals surface area (Å²) in [6.07, 6.45) is 3.67. The van der Waals surface area contributed by atoms with Gasteiger partial charge in [-0.3, -0.25) is 4.79 Å². The zero-order valence-corrected chi connectivity index (χ0v) is 26.3. The Balaban J connectivity index is 1.71. The lowest BCUT2D eigenvalue weighted by molar-refractivity contribution is -0.143. The van der Waals surface area contributed by atoms with Crippen molar-refractivity contribution in [2.75, 3.05) is 6.61 Å². The molecule has 4 aromatic rings. The number of esters is 1. The molecule has 0 bridgehead atoms. The third-order valence-corrected chi connectivity index (χ3v) is 8.47. The molecule has 2 heterocycles. The number of rotatable bonds is 12. The molecule has 2 aromatic carbocycles. The lowest BCUT2D eigenvalue weighted by Crippen LogP contribution is -2.19. The minimum absolute atomic E-state index is 0.00933. The van der Waals surface area contributed by atoms with Gasteiger partial charge in [-0.05, 0) is 76.4 Å². The van der Waals surface area contributed by atoms with Gasteiger partial charge < -0.3 is 20.0 Å². The van der Waals surface area contributed by atoms with E-state index in [4.69, 9.17) is 31.6 Å². The lowest BCUT2D eigenvalue weighted by Gasteiger charge is -2.13. The van der Waals surface area contributed by atoms with Crippen molar-refractivity contribution in [3.05, 3.63) is 88.2 Å². The number of nitrogens with zero attached hydrogens (tertiary/aromatic N) is 3. The van der Waals surface area contributed by atoms with Crippen LogP contribution in [0, 0.1) is 6.92 Å². The monoisotopic (exact) mass is 640 g/mol. The van der Waals surface area contributed by atoms with Crippen molar-refractivity contribution in [2.24, 2.45) is 10.9 Å². The first-order valence-corrected chi connectivity index (χ1v) is 15.7. The highest BCUT2D eigenvalue weighted by molar-refractivity contribution is 7.90. The molecule has 4 rings (SSSR count). The Labute approximate surface area is 260 Å². The Morgan fingerprint density at radius 3 is 2.50 bits per heavy atom. The number of ether oxygens (including phenoxy) is 2. The average Bonchev–Trinajstić information content (AvgIpc) is 3.44. The van der Waals surface area contributed by atoms with Crippen molar-refractivity contribution in [1.82, 2.24) is 8.96 Å². The molecular formula is C31H33ClN4O7S. The predicted octanol–water partition coefficient (Wildman–Crippen LogP) is 5.39. The Morgan fingerprint density at radius 1 is 1.11 bits per heavy atom. The Bertz CT molecular complexity index is 1820. The van der Waals surface area contributed by atoms with Gasteiger partial charge in [-0.15, -0.1) is 0 Å². The molecular weight excluding hydrogens is 608 g/mol. The number of oxime groups is 1. The maximum Gasteiger partial charge on any atom is 0.367 e. The molecule has 2 N–H and O–H groups in total. The predicted molar refractivity (Wildman–Crippen MR) is 166 cm³/mol. The SMILES string of the molecule is CCOC(=O)CCCc1ccc(C(N)=NOC(=O)c2cnc(OC(C)C)c(Cl)c2)c2c1ccn2S(=O)(=O)c1ccc(C)cc1. The highest BCUT2D eigenvalue weighted by Crippen LogP contribution is 2.30. The van der Waals surface area contributed by atoms with Crippen LogP contribution in [0.15, 0.2) is 71.0 Å². The molecule has 0 spiro atoms. The number of benzene rings is 2. The largest absolute Gasteiger partial charge is 0.474 e. The van der Waals surface area contributed by atoms with Crippen LogP contribution in [-0.2, 0) is 30.8 Å². The van der Waals surface area contributed by atoms with Gasteiger partial charge in [-0.25, -0.2) is 22.2 Å². The fraction of sp³-hybridized carbons (Fsp3) is 0.290. The maximum atomic E-state index is 13.8. The van der Waals surface area contributed by atoms with E-state index in [0.29, 0.717) is 24.8 Å². The lowest BCUT2D eigenvalue weighted by atomic mass is 10.0. The summed E-state index contributed by atoms with van der Waals surface area (Å²) in [6.45, 7) is 7.52. The molecule has 11 nitrogen and oxygen atoms in total. The molecule has 0 aliphatic carbocycles. The van der Waals surface area contributed by atoms with Crippen LogP contribution in [0.25, 0.3) is 10.9 Å². The molecule has 0 saturated carbocycles. The Kier molecular flexibility index (Phi) is 10.3. The minimum Gasteiger partial charge on any atom is -0.474 e. The van der Waals surface area contributed by atoms with Gasteiger partial charge in [0.15, 0.2) is 5.84 Å². The molecule has 44 heavy (non-hydrogen) atoms. The van der Waals surface area contributed by atoms with E-state index in [1.165, 1.54) is 30.6 Å². The molecule has 0 saturated heterocycles. The average molecular weight is 641 g/mol. The number of carbonyl (C=O) groups excluding carboxylic acids is 2. The van der Waals surface area contributed by atoms with Gasteiger partial charge in [0, 0.05) is 29.8 Å². The van der Waals surface area contributed by atoms with Gasteiger partial charge in [-0.2, -0.15) is 0 Å². The number of fused-ring (bicyclic) bond motifs is 1. The number of amidine groups is 1. The fourth-order valence-electron chi connectivity index (χ4n) is 4.43. The van der Waals surface area contributed by atoms with E-state index in [1.807, 2.05) is 20.8 Å². The first-order chi connectivity index (χ1) is 20.9. The summed E-state index contributed by atoms with van der Waals surface area (Å²) in [4.78, 5) is 33.8. The molecule has 13 heteroatoms. The number of hydrogen-bond acceptors (Lipinski definition) is 9. The van der Waals surface area contributed by atoms with Gasteiger partial charge in [-0.1, -0.05) is 40.5 Å². The van der Waals surface area contributed by atoms with E-state index in [9.17, 15) is 18.0 Å². The van der Waals surface area contributed by atoms with E-state index >= 15 is 0 Å². The number of halogens is 1. The summed E-state index contributed by atoms with van der Waals surface area (Å²) in [6, 6.07) is 12.8. The third-order valence-electron chi connectivity index (χ3n) is 6.51. The van der Waals surface area contributed by atoms with Gasteiger partial charge in [0.05, 0.1) is 28.7 Å². The fourth-order valence-corrected chi connectivity index (χ4v) is 6.01. The van der Waals surface area contributed by atoms with Crippen molar-refractivity contribution in [1.29, 1.82) is 0 Å². The van der Waals surface area contributed by atoms with Crippen molar-refractivity contribution in [3.8, 4) is 5.88 Å². The number of pyridine rings is 1. The Morgan fingerprint density at radius 2 is 1.84 bits per heavy atom. The standard InChI is InChI=1S/C31H33ClN4O7S/c1-5-41-27(37)8-6-7-21-11-14-25(28-24(21)15-16-36(28)44(39,40)23-12-9-20(4)10-13-23)29(33)35-43-31(38)22-17-26(32)30(34-18-22)42-19(2)3/h9-19H,5-8H2,1-4H3,(H2,33,35). The normalized spacial score (nSPS) is 12.0. The molecule has 232 valence electrons. The summed E-state index contributed by atoms with van der Waals surface area (Å²) in [5, 5.41) is 4.52. The summed E-state index contributed by atoms with van der Waals surface area (Å²) >= 11 is 6.19. The zero-order valence-electron chi connectivity index (χ0n) is 24.7. The zero-order chi connectivity index (χ0) is 32.0. The number of carbonyl (C=O) groups is 2. The van der Waals surface area contributed by atoms with Gasteiger partial charge >= 0.3 is 11.9 Å². The quantitative estimate of drug-likeness (QED) is 0.0706. The maximum absolute atomic E-state index is 13.8. The Hall–Kier alpha value is -4.42. The van der Waals surface area contributed by atoms with Crippen LogP contribution < -0.4 is 10.5 Å². The topological polar surface area (TPSA) is 152 Å².